The highest BCUT2D eigenvalue weighted by atomic mass is 16.5. The maximum absolute atomic E-state index is 8.52. The minimum atomic E-state index is 0.422. The van der Waals surface area contributed by atoms with E-state index in [1.165, 1.54) is 12.8 Å². The quantitative estimate of drug-likeness (QED) is 0.670. The second-order valence-electron chi connectivity index (χ2n) is 3.05. The third-order valence-electron chi connectivity index (χ3n) is 1.87. The van der Waals surface area contributed by atoms with E-state index in [-0.39, 0.29) is 0 Å². The van der Waals surface area contributed by atoms with Gasteiger partial charge in [0.05, 0.1) is 12.8 Å². The number of pyridine rings is 1. The molecule has 14 heavy (non-hydrogen) atoms. The lowest BCUT2D eigenvalue weighted by Crippen LogP contribution is -1.97. The molecular weight excluding hydrogens is 176 g/mol. The first-order valence-corrected chi connectivity index (χ1v) is 4.85. The molecule has 3 heteroatoms. The summed E-state index contributed by atoms with van der Waals surface area (Å²) in [5.74, 6) is 0.736. The van der Waals surface area contributed by atoms with Crippen molar-refractivity contribution in [2.24, 2.45) is 0 Å². The molecule has 1 rings (SSSR count). The fourth-order valence-electron chi connectivity index (χ4n) is 1.07. The van der Waals surface area contributed by atoms with Gasteiger partial charge in [-0.15, -0.1) is 0 Å². The van der Waals surface area contributed by atoms with Gasteiger partial charge in [-0.3, -0.25) is 0 Å². The molecule has 74 valence electrons. The molecule has 0 atom stereocenters. The highest BCUT2D eigenvalue weighted by Gasteiger charge is 1.95. The number of unbranched alkanes of at least 4 members (excludes halogenated alkanes) is 2. The van der Waals surface area contributed by atoms with E-state index in [1.807, 2.05) is 6.07 Å². The summed E-state index contributed by atoms with van der Waals surface area (Å²) >= 11 is 0. The van der Waals surface area contributed by atoms with Gasteiger partial charge >= 0.3 is 0 Å². The topological polar surface area (TPSA) is 45.9 Å². The average Bonchev–Trinajstić information content (AvgIpc) is 2.25. The molecule has 0 spiro atoms. The van der Waals surface area contributed by atoms with Crippen LogP contribution in [0.25, 0.3) is 0 Å². The highest BCUT2D eigenvalue weighted by molar-refractivity contribution is 5.26. The molecule has 0 aliphatic rings. The van der Waals surface area contributed by atoms with Crippen LogP contribution in [0.4, 0.5) is 0 Å². The van der Waals surface area contributed by atoms with Crippen LogP contribution in [-0.4, -0.2) is 11.6 Å². The van der Waals surface area contributed by atoms with E-state index in [2.05, 4.69) is 11.9 Å². The summed E-state index contributed by atoms with van der Waals surface area (Å²) in [6.45, 7) is 2.88. The van der Waals surface area contributed by atoms with E-state index in [9.17, 15) is 0 Å². The lowest BCUT2D eigenvalue weighted by molar-refractivity contribution is 0.305. The number of ether oxygens (including phenoxy) is 1. The van der Waals surface area contributed by atoms with E-state index < -0.39 is 0 Å². The third kappa shape index (κ3) is 3.44. The Labute approximate surface area is 84.3 Å². The van der Waals surface area contributed by atoms with Gasteiger partial charge in [-0.2, -0.15) is 5.26 Å². The number of nitriles is 1. The van der Waals surface area contributed by atoms with Gasteiger partial charge in [-0.05, 0) is 18.6 Å². The standard InChI is InChI=1S/C11H14N2O/c1-2-3-4-7-14-11-6-5-10(8-12)13-9-11/h5-6,9H,2-4,7H2,1H3. The zero-order valence-electron chi connectivity index (χ0n) is 8.36. The largest absolute Gasteiger partial charge is 0.492 e. The zero-order chi connectivity index (χ0) is 10.2. The maximum atomic E-state index is 8.52. The van der Waals surface area contributed by atoms with Gasteiger partial charge in [0.15, 0.2) is 0 Å². The fraction of sp³-hybridized carbons (Fsp3) is 0.455. The smallest absolute Gasteiger partial charge is 0.140 e. The van der Waals surface area contributed by atoms with E-state index in [4.69, 9.17) is 10.00 Å². The molecule has 0 saturated heterocycles. The summed E-state index contributed by atoms with van der Waals surface area (Å²) in [6, 6.07) is 5.40. The SMILES string of the molecule is CCCCCOc1ccc(C#N)nc1. The molecule has 0 N–H and O–H groups in total. The van der Waals surface area contributed by atoms with Crippen molar-refractivity contribution in [2.75, 3.05) is 6.61 Å². The van der Waals surface area contributed by atoms with Crippen LogP contribution in [-0.2, 0) is 0 Å². The third-order valence-corrected chi connectivity index (χ3v) is 1.87. The molecule has 0 unspecified atom stereocenters. The summed E-state index contributed by atoms with van der Waals surface area (Å²) in [5.41, 5.74) is 0.422. The predicted molar refractivity (Wildman–Crippen MR) is 54.0 cm³/mol. The summed E-state index contributed by atoms with van der Waals surface area (Å²) in [5, 5.41) is 8.52. The van der Waals surface area contributed by atoms with Crippen LogP contribution in [0.1, 0.15) is 31.9 Å². The first-order chi connectivity index (χ1) is 6.86. The molecule has 0 aliphatic carbocycles. The minimum Gasteiger partial charge on any atom is -0.492 e. The Morgan fingerprint density at radius 2 is 2.29 bits per heavy atom. The number of aromatic nitrogens is 1. The highest BCUT2D eigenvalue weighted by Crippen LogP contribution is 2.09. The molecule has 1 aromatic rings. The van der Waals surface area contributed by atoms with Gasteiger partial charge in [0, 0.05) is 0 Å². The van der Waals surface area contributed by atoms with Crippen molar-refractivity contribution in [1.82, 2.24) is 4.98 Å². The van der Waals surface area contributed by atoms with E-state index in [1.54, 1.807) is 18.3 Å². The molecule has 1 heterocycles. The van der Waals surface area contributed by atoms with Gasteiger partial charge < -0.3 is 4.74 Å². The zero-order valence-corrected chi connectivity index (χ0v) is 8.36. The molecule has 0 saturated carbocycles. The van der Waals surface area contributed by atoms with Gasteiger partial charge in [0.1, 0.15) is 17.5 Å². The molecule has 0 fully saturated rings. The Morgan fingerprint density at radius 3 is 2.86 bits per heavy atom. The number of hydrogen-bond donors (Lipinski definition) is 0. The first-order valence-electron chi connectivity index (χ1n) is 4.85. The first kappa shape index (κ1) is 10.5. The molecular formula is C11H14N2O. The second-order valence-corrected chi connectivity index (χ2v) is 3.05. The van der Waals surface area contributed by atoms with Crippen molar-refractivity contribution >= 4 is 0 Å². The van der Waals surface area contributed by atoms with Gasteiger partial charge in [-0.25, -0.2) is 4.98 Å². The maximum Gasteiger partial charge on any atom is 0.140 e. The molecule has 0 amide bonds. The summed E-state index contributed by atoms with van der Waals surface area (Å²) < 4.78 is 5.44. The van der Waals surface area contributed by atoms with Crippen LogP contribution in [0.15, 0.2) is 18.3 Å². The van der Waals surface area contributed by atoms with Crippen molar-refractivity contribution in [3.05, 3.63) is 24.0 Å². The Bertz CT molecular complexity index is 300. The van der Waals surface area contributed by atoms with Crippen molar-refractivity contribution in [2.45, 2.75) is 26.2 Å². The van der Waals surface area contributed by atoms with E-state index in [0.717, 1.165) is 18.8 Å². The lowest BCUT2D eigenvalue weighted by Gasteiger charge is -2.04. The molecule has 0 bridgehead atoms. The second kappa shape index (κ2) is 5.98. The number of nitrogens with zero attached hydrogens (tertiary/aromatic N) is 2. The molecule has 0 aromatic carbocycles. The Morgan fingerprint density at radius 1 is 1.43 bits per heavy atom. The normalized spacial score (nSPS) is 9.43. The van der Waals surface area contributed by atoms with Crippen molar-refractivity contribution in [3.8, 4) is 11.8 Å². The number of rotatable bonds is 5. The van der Waals surface area contributed by atoms with Crippen molar-refractivity contribution in [3.63, 3.8) is 0 Å². The average molecular weight is 190 g/mol. The van der Waals surface area contributed by atoms with Gasteiger partial charge in [0.2, 0.25) is 0 Å². The molecule has 0 radical (unpaired) electrons. The van der Waals surface area contributed by atoms with Crippen LogP contribution in [0, 0.1) is 11.3 Å². The van der Waals surface area contributed by atoms with Crippen molar-refractivity contribution < 1.29 is 4.74 Å². The van der Waals surface area contributed by atoms with Gasteiger partial charge in [0.25, 0.3) is 0 Å². The van der Waals surface area contributed by atoms with Crippen LogP contribution in [0.2, 0.25) is 0 Å². The fourth-order valence-corrected chi connectivity index (χ4v) is 1.07. The summed E-state index contributed by atoms with van der Waals surface area (Å²) in [6.07, 6.45) is 5.03. The molecule has 0 aliphatic heterocycles. The Balaban J connectivity index is 2.33. The van der Waals surface area contributed by atoms with Crippen molar-refractivity contribution in [1.29, 1.82) is 5.26 Å². The van der Waals surface area contributed by atoms with Crippen LogP contribution >= 0.6 is 0 Å². The van der Waals surface area contributed by atoms with Crippen LogP contribution < -0.4 is 4.74 Å². The number of hydrogen-bond acceptors (Lipinski definition) is 3. The Hall–Kier alpha value is -1.56. The monoisotopic (exact) mass is 190 g/mol. The Kier molecular flexibility index (Phi) is 4.49. The summed E-state index contributed by atoms with van der Waals surface area (Å²) in [4.78, 5) is 3.91. The molecule has 3 nitrogen and oxygen atoms in total. The predicted octanol–water partition coefficient (Wildman–Crippen LogP) is 2.52. The van der Waals surface area contributed by atoms with Crippen LogP contribution in [0.3, 0.4) is 0 Å². The van der Waals surface area contributed by atoms with E-state index >= 15 is 0 Å². The molecule has 1 aromatic heterocycles. The van der Waals surface area contributed by atoms with E-state index in [0.29, 0.717) is 5.69 Å². The van der Waals surface area contributed by atoms with Crippen LogP contribution in [0.5, 0.6) is 5.75 Å². The summed E-state index contributed by atoms with van der Waals surface area (Å²) in [7, 11) is 0. The minimum absolute atomic E-state index is 0.422. The van der Waals surface area contributed by atoms with Gasteiger partial charge in [-0.1, -0.05) is 19.8 Å². The lowest BCUT2D eigenvalue weighted by atomic mass is 10.3.